The summed E-state index contributed by atoms with van der Waals surface area (Å²) in [6, 6.07) is 13.0. The van der Waals surface area contributed by atoms with Crippen LogP contribution in [0.2, 0.25) is 0 Å². The molecule has 8 heteroatoms. The van der Waals surface area contributed by atoms with Crippen molar-refractivity contribution in [3.8, 4) is 11.5 Å². The molecule has 3 aromatic rings. The van der Waals surface area contributed by atoms with Crippen molar-refractivity contribution in [1.82, 2.24) is 0 Å². The Morgan fingerprint density at radius 3 is 2.17 bits per heavy atom. The summed E-state index contributed by atoms with van der Waals surface area (Å²) in [5.41, 5.74) is 4.51. The number of ether oxygens (including phenoxy) is 2. The Balaban J connectivity index is 0.00000560. The number of methoxy groups -OCH3 is 1. The van der Waals surface area contributed by atoms with Gasteiger partial charge in [0.1, 0.15) is 0 Å². The fourth-order valence-electron chi connectivity index (χ4n) is 4.60. The van der Waals surface area contributed by atoms with Gasteiger partial charge in [-0.25, -0.2) is 4.79 Å². The summed E-state index contributed by atoms with van der Waals surface area (Å²) in [5, 5.41) is 7.91. The number of nitrogens with one attached hydrogen (secondary N) is 2. The first-order valence-corrected chi connectivity index (χ1v) is 15.5. The van der Waals surface area contributed by atoms with Gasteiger partial charge < -0.3 is 37.1 Å². The van der Waals surface area contributed by atoms with Crippen molar-refractivity contribution in [3.63, 3.8) is 0 Å². The van der Waals surface area contributed by atoms with Crippen molar-refractivity contribution in [2.45, 2.75) is 90.5 Å². The number of anilines is 2. The minimum atomic E-state index is -0.301. The third kappa shape index (κ3) is 12.7. The zero-order valence-corrected chi connectivity index (χ0v) is 26.5. The van der Waals surface area contributed by atoms with E-state index in [1.807, 2.05) is 53.5 Å². The lowest BCUT2D eigenvalue weighted by molar-refractivity contribution is -0.683. The van der Waals surface area contributed by atoms with E-state index in [1.54, 1.807) is 24.5 Å². The Kier molecular flexibility index (Phi) is 17.1. The number of aromatic nitrogens is 1. The number of thiazole rings is 1. The Labute approximate surface area is 255 Å². The number of carbonyl (C=O) groups is 1. The highest BCUT2D eigenvalue weighted by Gasteiger charge is 2.12. The Morgan fingerprint density at radius 1 is 0.850 bits per heavy atom. The summed E-state index contributed by atoms with van der Waals surface area (Å²) in [5.74, 6) is 1.31. The lowest BCUT2D eigenvalue weighted by atomic mass is 10.1. The first kappa shape index (κ1) is 33.6. The highest BCUT2D eigenvalue weighted by Crippen LogP contribution is 2.30. The van der Waals surface area contributed by atoms with Crippen molar-refractivity contribution in [2.75, 3.05) is 24.4 Å². The molecule has 0 spiro atoms. The van der Waals surface area contributed by atoms with Crippen LogP contribution in [-0.2, 0) is 6.54 Å². The number of benzene rings is 2. The van der Waals surface area contributed by atoms with Gasteiger partial charge in [-0.3, -0.25) is 0 Å². The molecule has 2 aromatic carbocycles. The maximum absolute atomic E-state index is 12.7. The highest BCUT2D eigenvalue weighted by atomic mass is 79.9. The topological polar surface area (TPSA) is 63.5 Å². The van der Waals surface area contributed by atoms with Crippen LogP contribution in [0.15, 0.2) is 59.6 Å². The molecule has 40 heavy (non-hydrogen) atoms. The summed E-state index contributed by atoms with van der Waals surface area (Å²) in [4.78, 5) is 12.7. The van der Waals surface area contributed by atoms with Gasteiger partial charge in [-0.15, -0.1) is 0 Å². The molecule has 3 rings (SSSR count). The van der Waals surface area contributed by atoms with Crippen LogP contribution in [0.5, 0.6) is 11.5 Å². The molecule has 1 heterocycles. The average molecular weight is 633 g/mol. The summed E-state index contributed by atoms with van der Waals surface area (Å²) in [6.07, 6.45) is 17.9. The minimum Gasteiger partial charge on any atom is -1.00 e. The molecule has 220 valence electrons. The third-order valence-electron chi connectivity index (χ3n) is 6.82. The van der Waals surface area contributed by atoms with Crippen molar-refractivity contribution in [2.24, 2.45) is 0 Å². The fraction of sp³-hybridized carbons (Fsp3) is 0.500. The van der Waals surface area contributed by atoms with Crippen molar-refractivity contribution in [1.29, 1.82) is 0 Å². The van der Waals surface area contributed by atoms with Crippen LogP contribution < -0.4 is 41.7 Å². The maximum atomic E-state index is 12.7. The molecule has 0 fully saturated rings. The second-order valence-electron chi connectivity index (χ2n) is 10.0. The molecule has 6 nitrogen and oxygen atoms in total. The quantitative estimate of drug-likeness (QED) is 0.129. The van der Waals surface area contributed by atoms with Gasteiger partial charge in [0.25, 0.3) is 0 Å². The summed E-state index contributed by atoms with van der Waals surface area (Å²) in [7, 11) is 1.62. The van der Waals surface area contributed by atoms with E-state index >= 15 is 0 Å². The van der Waals surface area contributed by atoms with Crippen molar-refractivity contribution < 1.29 is 35.8 Å². The van der Waals surface area contributed by atoms with E-state index in [2.05, 4.69) is 22.1 Å². The predicted molar refractivity (Wildman–Crippen MR) is 162 cm³/mol. The smallest absolute Gasteiger partial charge is 0.323 e. The number of hydrogen-bond donors (Lipinski definition) is 2. The first-order chi connectivity index (χ1) is 19.2. The molecule has 0 atom stereocenters. The molecule has 0 aliphatic carbocycles. The van der Waals surface area contributed by atoms with Gasteiger partial charge in [-0.2, -0.15) is 4.57 Å². The van der Waals surface area contributed by atoms with Gasteiger partial charge in [0.2, 0.25) is 5.51 Å². The maximum Gasteiger partial charge on any atom is 0.323 e. The standard InChI is InChI=1S/C32H45N3O3S.BrH/c1-3-4-5-6-7-8-9-10-11-12-13-16-22-38-30-20-19-28(24-31(30)37-2)33-32(36)34-29-18-15-14-17-27(29)25-35-21-23-39-26-35;/h14-15,17-21,23-24,26H,3-13,16,22,25H2,1-2H3,(H-,33,34,36);1H. The molecule has 0 bridgehead atoms. The number of hydrogen-bond acceptors (Lipinski definition) is 4. The predicted octanol–water partition coefficient (Wildman–Crippen LogP) is 5.82. The molecule has 0 radical (unpaired) electrons. The number of rotatable bonds is 19. The summed E-state index contributed by atoms with van der Waals surface area (Å²) < 4.78 is 13.6. The highest BCUT2D eigenvalue weighted by molar-refractivity contribution is 7.07. The molecule has 0 saturated heterocycles. The van der Waals surface area contributed by atoms with Crippen LogP contribution >= 0.6 is 11.3 Å². The Morgan fingerprint density at radius 2 is 1.52 bits per heavy atom. The molecular weight excluding hydrogens is 586 g/mol. The van der Waals surface area contributed by atoms with Gasteiger partial charge in [-0.1, -0.05) is 107 Å². The number of amides is 2. The van der Waals surface area contributed by atoms with E-state index in [0.29, 0.717) is 30.3 Å². The lowest BCUT2D eigenvalue weighted by Gasteiger charge is -2.14. The second-order valence-corrected chi connectivity index (χ2v) is 10.8. The summed E-state index contributed by atoms with van der Waals surface area (Å²) in [6.45, 7) is 3.63. The SMILES string of the molecule is CCCCCCCCCCCCCCOc1ccc(NC(=O)Nc2ccccc2C[n+]2ccsc2)cc1OC.[Br-]. The first-order valence-electron chi connectivity index (χ1n) is 14.6. The molecular formula is C32H46BrN3O3S. The number of halogens is 1. The number of urea groups is 1. The van der Waals surface area contributed by atoms with E-state index in [0.717, 1.165) is 17.7 Å². The molecule has 0 aliphatic heterocycles. The van der Waals surface area contributed by atoms with E-state index in [-0.39, 0.29) is 23.0 Å². The zero-order chi connectivity index (χ0) is 27.5. The summed E-state index contributed by atoms with van der Waals surface area (Å²) >= 11 is 1.64. The molecule has 0 aliphatic rings. The molecule has 1 aromatic heterocycles. The van der Waals surface area contributed by atoms with E-state index in [9.17, 15) is 4.79 Å². The van der Waals surface area contributed by atoms with Gasteiger partial charge in [0.05, 0.1) is 24.8 Å². The Hall–Kier alpha value is -2.58. The number of nitrogens with zero attached hydrogens (tertiary/aromatic N) is 1. The number of para-hydroxylation sites is 1. The number of carbonyl (C=O) groups excluding carboxylic acids is 1. The second kappa shape index (κ2) is 20.3. The molecule has 2 N–H and O–H groups in total. The van der Waals surface area contributed by atoms with Crippen molar-refractivity contribution >= 4 is 28.7 Å². The van der Waals surface area contributed by atoms with Crippen LogP contribution in [0.4, 0.5) is 16.2 Å². The van der Waals surface area contributed by atoms with E-state index in [4.69, 9.17) is 9.47 Å². The van der Waals surface area contributed by atoms with E-state index in [1.165, 1.54) is 70.6 Å². The zero-order valence-electron chi connectivity index (χ0n) is 24.1. The minimum absolute atomic E-state index is 0. The largest absolute Gasteiger partial charge is 1.00 e. The monoisotopic (exact) mass is 631 g/mol. The molecule has 0 unspecified atom stereocenters. The van der Waals surface area contributed by atoms with Gasteiger partial charge >= 0.3 is 6.03 Å². The number of unbranched alkanes of at least 4 members (excludes halogenated alkanes) is 11. The van der Waals surface area contributed by atoms with Crippen LogP contribution in [0.1, 0.15) is 89.5 Å². The van der Waals surface area contributed by atoms with Crippen LogP contribution in [-0.4, -0.2) is 19.7 Å². The van der Waals surface area contributed by atoms with Crippen LogP contribution in [0.3, 0.4) is 0 Å². The fourth-order valence-corrected chi connectivity index (χ4v) is 5.20. The average Bonchev–Trinajstić information content (AvgIpc) is 3.46. The van der Waals surface area contributed by atoms with Crippen LogP contribution in [0.25, 0.3) is 0 Å². The normalized spacial score (nSPS) is 10.6. The third-order valence-corrected chi connectivity index (χ3v) is 7.49. The van der Waals surface area contributed by atoms with Gasteiger partial charge in [0, 0.05) is 17.3 Å². The van der Waals surface area contributed by atoms with E-state index < -0.39 is 0 Å². The Bertz CT molecular complexity index is 1090. The molecule has 2 amide bonds. The lowest BCUT2D eigenvalue weighted by Crippen LogP contribution is -3.00. The van der Waals surface area contributed by atoms with Crippen LogP contribution in [0, 0.1) is 0 Å². The van der Waals surface area contributed by atoms with Gasteiger partial charge in [-0.05, 0) is 24.6 Å². The molecule has 0 saturated carbocycles. The van der Waals surface area contributed by atoms with Gasteiger partial charge in [0.15, 0.2) is 24.2 Å². The van der Waals surface area contributed by atoms with Crippen molar-refractivity contribution in [3.05, 3.63) is 65.1 Å².